The van der Waals surface area contributed by atoms with E-state index in [0.29, 0.717) is 19.0 Å². The molecule has 1 aromatic rings. The van der Waals surface area contributed by atoms with Crippen LogP contribution in [0, 0.1) is 11.8 Å². The van der Waals surface area contributed by atoms with Crippen LogP contribution in [-0.2, 0) is 11.3 Å². The van der Waals surface area contributed by atoms with Crippen LogP contribution in [0.4, 0.5) is 4.79 Å². The lowest BCUT2D eigenvalue weighted by atomic mass is 9.89. The fraction of sp³-hybridized carbons (Fsp3) is 0.619. The predicted octanol–water partition coefficient (Wildman–Crippen LogP) is 3.30. The quantitative estimate of drug-likeness (QED) is 0.849. The van der Waals surface area contributed by atoms with E-state index >= 15 is 0 Å². The summed E-state index contributed by atoms with van der Waals surface area (Å²) in [5, 5.41) is 6.11. The average Bonchev–Trinajstić information content (AvgIpc) is 2.72. The van der Waals surface area contributed by atoms with Crippen molar-refractivity contribution in [1.29, 1.82) is 0 Å². The number of rotatable bonds is 5. The van der Waals surface area contributed by atoms with Gasteiger partial charge in [0.15, 0.2) is 0 Å². The molecule has 0 spiro atoms. The van der Waals surface area contributed by atoms with Gasteiger partial charge in [0.2, 0.25) is 5.91 Å². The molecule has 1 atom stereocenters. The van der Waals surface area contributed by atoms with Crippen LogP contribution < -0.4 is 10.6 Å². The van der Waals surface area contributed by atoms with Crippen LogP contribution in [-0.4, -0.2) is 36.5 Å². The van der Waals surface area contributed by atoms with E-state index in [1.165, 1.54) is 32.1 Å². The normalized spacial score (nSPS) is 21.2. The van der Waals surface area contributed by atoms with Crippen LogP contribution in [0.3, 0.4) is 0 Å². The number of carbonyl (C=O) groups is 2. The number of piperidine rings is 1. The molecule has 0 aromatic heterocycles. The SMILES string of the molecule is O=C(NCC1CCCCC1)[C@H]1CCCN(C(=O)NCc2ccccc2)C1. The highest BCUT2D eigenvalue weighted by atomic mass is 16.2. The average molecular weight is 357 g/mol. The summed E-state index contributed by atoms with van der Waals surface area (Å²) in [5.74, 6) is 0.688. The van der Waals surface area contributed by atoms with Gasteiger partial charge >= 0.3 is 6.03 Å². The number of likely N-dealkylation sites (tertiary alicyclic amines) is 1. The molecule has 3 amide bonds. The Morgan fingerprint density at radius 3 is 2.50 bits per heavy atom. The molecule has 26 heavy (non-hydrogen) atoms. The van der Waals surface area contributed by atoms with Gasteiger partial charge in [-0.3, -0.25) is 4.79 Å². The van der Waals surface area contributed by atoms with Crippen molar-refractivity contribution in [3.63, 3.8) is 0 Å². The van der Waals surface area contributed by atoms with Crippen molar-refractivity contribution in [3.05, 3.63) is 35.9 Å². The van der Waals surface area contributed by atoms with Crippen molar-refractivity contribution in [2.75, 3.05) is 19.6 Å². The molecule has 1 saturated heterocycles. The second kappa shape index (κ2) is 9.60. The Morgan fingerprint density at radius 2 is 1.73 bits per heavy atom. The molecule has 3 rings (SSSR count). The van der Waals surface area contributed by atoms with Gasteiger partial charge in [0.05, 0.1) is 5.92 Å². The van der Waals surface area contributed by atoms with E-state index in [1.807, 2.05) is 30.3 Å². The molecule has 2 N–H and O–H groups in total. The van der Waals surface area contributed by atoms with Gasteiger partial charge in [0.1, 0.15) is 0 Å². The van der Waals surface area contributed by atoms with E-state index in [4.69, 9.17) is 0 Å². The molecule has 142 valence electrons. The van der Waals surface area contributed by atoms with Gasteiger partial charge < -0.3 is 15.5 Å². The van der Waals surface area contributed by atoms with Gasteiger partial charge in [-0.05, 0) is 37.2 Å². The van der Waals surface area contributed by atoms with E-state index in [-0.39, 0.29) is 17.9 Å². The van der Waals surface area contributed by atoms with Crippen molar-refractivity contribution in [3.8, 4) is 0 Å². The van der Waals surface area contributed by atoms with E-state index in [0.717, 1.165) is 31.5 Å². The van der Waals surface area contributed by atoms with Crippen molar-refractivity contribution in [2.24, 2.45) is 11.8 Å². The molecule has 1 heterocycles. The molecule has 2 aliphatic rings. The third kappa shape index (κ3) is 5.48. The first kappa shape index (κ1) is 18.7. The molecular formula is C21H31N3O2. The number of amides is 3. The smallest absolute Gasteiger partial charge is 0.317 e. The van der Waals surface area contributed by atoms with Crippen molar-refractivity contribution in [1.82, 2.24) is 15.5 Å². The molecule has 5 heteroatoms. The summed E-state index contributed by atoms with van der Waals surface area (Å²) in [6.45, 7) is 2.58. The molecule has 0 radical (unpaired) electrons. The van der Waals surface area contributed by atoms with Crippen molar-refractivity contribution in [2.45, 2.75) is 51.5 Å². The number of benzene rings is 1. The number of hydrogen-bond acceptors (Lipinski definition) is 2. The first-order chi connectivity index (χ1) is 12.7. The third-order valence-corrected chi connectivity index (χ3v) is 5.66. The number of carbonyl (C=O) groups excluding carboxylic acids is 2. The van der Waals surface area contributed by atoms with Crippen molar-refractivity contribution < 1.29 is 9.59 Å². The first-order valence-electron chi connectivity index (χ1n) is 10.1. The highest BCUT2D eigenvalue weighted by molar-refractivity contribution is 5.80. The Bertz CT molecular complexity index is 584. The highest BCUT2D eigenvalue weighted by Crippen LogP contribution is 2.23. The molecule has 1 aromatic carbocycles. The van der Waals surface area contributed by atoms with E-state index in [2.05, 4.69) is 10.6 Å². The second-order valence-electron chi connectivity index (χ2n) is 7.68. The highest BCUT2D eigenvalue weighted by Gasteiger charge is 2.28. The Morgan fingerprint density at radius 1 is 0.962 bits per heavy atom. The number of hydrogen-bond donors (Lipinski definition) is 2. The maximum Gasteiger partial charge on any atom is 0.317 e. The van der Waals surface area contributed by atoms with Crippen LogP contribution >= 0.6 is 0 Å². The van der Waals surface area contributed by atoms with Gasteiger partial charge in [-0.1, -0.05) is 49.6 Å². The Labute approximate surface area is 156 Å². The molecule has 1 saturated carbocycles. The third-order valence-electron chi connectivity index (χ3n) is 5.66. The summed E-state index contributed by atoms with van der Waals surface area (Å²) in [5.41, 5.74) is 1.08. The summed E-state index contributed by atoms with van der Waals surface area (Å²) in [7, 11) is 0. The van der Waals surface area contributed by atoms with Gasteiger partial charge in [0.25, 0.3) is 0 Å². The molecular weight excluding hydrogens is 326 g/mol. The fourth-order valence-electron chi connectivity index (χ4n) is 4.04. The lowest BCUT2D eigenvalue weighted by Gasteiger charge is -2.32. The topological polar surface area (TPSA) is 61.4 Å². The lowest BCUT2D eigenvalue weighted by Crippen LogP contribution is -2.49. The van der Waals surface area contributed by atoms with Crippen molar-refractivity contribution >= 4 is 11.9 Å². The Balaban J connectivity index is 1.42. The predicted molar refractivity (Wildman–Crippen MR) is 103 cm³/mol. The van der Waals surface area contributed by atoms with Crippen LogP contribution in [0.5, 0.6) is 0 Å². The fourth-order valence-corrected chi connectivity index (χ4v) is 4.04. The zero-order chi connectivity index (χ0) is 18.2. The second-order valence-corrected chi connectivity index (χ2v) is 7.68. The summed E-state index contributed by atoms with van der Waals surface area (Å²) in [4.78, 5) is 26.7. The lowest BCUT2D eigenvalue weighted by molar-refractivity contribution is -0.126. The summed E-state index contributed by atoms with van der Waals surface area (Å²) in [6.07, 6.45) is 8.15. The van der Waals surface area contributed by atoms with E-state index in [9.17, 15) is 9.59 Å². The standard InChI is InChI=1S/C21H31N3O2/c25-20(22-14-17-8-3-1-4-9-17)19-12-7-13-24(16-19)21(26)23-15-18-10-5-2-6-11-18/h2,5-6,10-11,17,19H,1,3-4,7-9,12-16H2,(H,22,25)(H,23,26)/t19-/m0/s1. The zero-order valence-electron chi connectivity index (χ0n) is 15.6. The van der Waals surface area contributed by atoms with Gasteiger partial charge in [0, 0.05) is 26.2 Å². The molecule has 1 aliphatic carbocycles. The molecule has 5 nitrogen and oxygen atoms in total. The molecule has 0 bridgehead atoms. The zero-order valence-corrected chi connectivity index (χ0v) is 15.6. The summed E-state index contributed by atoms with van der Waals surface area (Å²) >= 11 is 0. The summed E-state index contributed by atoms with van der Waals surface area (Å²) < 4.78 is 0. The molecule has 0 unspecified atom stereocenters. The minimum absolute atomic E-state index is 0.0707. The summed E-state index contributed by atoms with van der Waals surface area (Å²) in [6, 6.07) is 9.82. The maximum atomic E-state index is 12.5. The number of nitrogens with one attached hydrogen (secondary N) is 2. The van der Waals surface area contributed by atoms with Gasteiger partial charge in [-0.2, -0.15) is 0 Å². The Hall–Kier alpha value is -2.04. The van der Waals surface area contributed by atoms with E-state index in [1.54, 1.807) is 4.90 Å². The monoisotopic (exact) mass is 357 g/mol. The first-order valence-corrected chi connectivity index (χ1v) is 10.1. The Kier molecular flexibility index (Phi) is 6.92. The minimum Gasteiger partial charge on any atom is -0.356 e. The van der Waals surface area contributed by atoms with Crippen LogP contribution in [0.1, 0.15) is 50.5 Å². The van der Waals surface area contributed by atoms with Crippen LogP contribution in [0.15, 0.2) is 30.3 Å². The van der Waals surface area contributed by atoms with Gasteiger partial charge in [-0.15, -0.1) is 0 Å². The van der Waals surface area contributed by atoms with E-state index < -0.39 is 0 Å². The molecule has 1 aliphatic heterocycles. The maximum absolute atomic E-state index is 12.5. The largest absolute Gasteiger partial charge is 0.356 e. The minimum atomic E-state index is -0.0742. The van der Waals surface area contributed by atoms with Crippen LogP contribution in [0.2, 0.25) is 0 Å². The van der Waals surface area contributed by atoms with Gasteiger partial charge in [-0.25, -0.2) is 4.79 Å². The van der Waals surface area contributed by atoms with Crippen LogP contribution in [0.25, 0.3) is 0 Å². The number of nitrogens with zero attached hydrogens (tertiary/aromatic N) is 1. The number of urea groups is 1. The molecule has 2 fully saturated rings.